The average Bonchev–Trinajstić information content (AvgIpc) is 2.86. The molecule has 3 aromatic carbocycles. The Balaban J connectivity index is 2.05. The smallest absolute Gasteiger partial charge is 0.207 e. The minimum Gasteiger partial charge on any atom is -0.490 e. The summed E-state index contributed by atoms with van der Waals surface area (Å²) >= 11 is 0. The summed E-state index contributed by atoms with van der Waals surface area (Å²) in [6, 6.07) is 20.0. The Kier molecular flexibility index (Phi) is 8.79. The third-order valence-electron chi connectivity index (χ3n) is 5.45. The molecule has 0 aromatic heterocycles. The van der Waals surface area contributed by atoms with Crippen LogP contribution < -0.4 is 18.9 Å². The first-order valence-corrected chi connectivity index (χ1v) is 11.0. The second-order valence-electron chi connectivity index (χ2n) is 7.79. The Morgan fingerprint density at radius 1 is 0.758 bits per heavy atom. The maximum absolute atomic E-state index is 9.48. The molecule has 0 atom stereocenters. The SMILES string of the molecule is COc1c(OCc2ccccc2)c(C)c(C/C=C(\C)CO)c(OCc2ccccc2)c1OC. The highest BCUT2D eigenvalue weighted by Crippen LogP contribution is 2.50. The lowest BCUT2D eigenvalue weighted by Gasteiger charge is -2.23. The van der Waals surface area contributed by atoms with E-state index in [1.54, 1.807) is 14.2 Å². The zero-order chi connectivity index (χ0) is 23.6. The van der Waals surface area contributed by atoms with E-state index in [0.717, 1.165) is 27.8 Å². The van der Waals surface area contributed by atoms with Gasteiger partial charge in [-0.1, -0.05) is 72.3 Å². The Morgan fingerprint density at radius 3 is 1.73 bits per heavy atom. The van der Waals surface area contributed by atoms with Gasteiger partial charge in [0.2, 0.25) is 11.5 Å². The van der Waals surface area contributed by atoms with E-state index in [4.69, 9.17) is 18.9 Å². The first-order chi connectivity index (χ1) is 16.1. The van der Waals surface area contributed by atoms with Crippen molar-refractivity contribution in [3.63, 3.8) is 0 Å². The van der Waals surface area contributed by atoms with E-state index in [9.17, 15) is 5.11 Å². The van der Waals surface area contributed by atoms with Crippen molar-refractivity contribution in [2.75, 3.05) is 20.8 Å². The molecule has 0 aliphatic carbocycles. The van der Waals surface area contributed by atoms with Crippen molar-refractivity contribution in [3.05, 3.63) is 94.6 Å². The molecule has 5 nitrogen and oxygen atoms in total. The van der Waals surface area contributed by atoms with Crippen LogP contribution in [-0.2, 0) is 19.6 Å². The van der Waals surface area contributed by atoms with Crippen LogP contribution in [0.15, 0.2) is 72.3 Å². The highest BCUT2D eigenvalue weighted by Gasteiger charge is 2.26. The molecule has 174 valence electrons. The number of aliphatic hydroxyl groups excluding tert-OH is 1. The summed E-state index contributed by atoms with van der Waals surface area (Å²) in [4.78, 5) is 0. The van der Waals surface area contributed by atoms with Gasteiger partial charge in [-0.15, -0.1) is 0 Å². The highest BCUT2D eigenvalue weighted by atomic mass is 16.5. The van der Waals surface area contributed by atoms with Gasteiger partial charge >= 0.3 is 0 Å². The summed E-state index contributed by atoms with van der Waals surface area (Å²) in [5.41, 5.74) is 4.83. The van der Waals surface area contributed by atoms with Crippen LogP contribution in [0.4, 0.5) is 0 Å². The molecule has 0 spiro atoms. The van der Waals surface area contributed by atoms with E-state index in [1.165, 1.54) is 0 Å². The Morgan fingerprint density at radius 2 is 1.24 bits per heavy atom. The van der Waals surface area contributed by atoms with Gasteiger partial charge < -0.3 is 24.1 Å². The van der Waals surface area contributed by atoms with Gasteiger partial charge in [0, 0.05) is 11.1 Å². The molecular formula is C28H32O5. The lowest BCUT2D eigenvalue weighted by atomic mass is 10.00. The molecule has 0 saturated heterocycles. The number of rotatable bonds is 11. The molecule has 0 fully saturated rings. The standard InChI is InChI=1S/C28H32O5/c1-20(17-29)15-16-24-21(2)25(32-18-22-11-7-5-8-12-22)27(30-3)28(31-4)26(24)33-19-23-13-9-6-10-14-23/h5-15,29H,16-19H2,1-4H3/b20-15+. The third-order valence-corrected chi connectivity index (χ3v) is 5.45. The van der Waals surface area contributed by atoms with Gasteiger partial charge in [-0.05, 0) is 31.4 Å². The maximum Gasteiger partial charge on any atom is 0.207 e. The van der Waals surface area contributed by atoms with Gasteiger partial charge in [0.15, 0.2) is 11.5 Å². The second-order valence-corrected chi connectivity index (χ2v) is 7.79. The lowest BCUT2D eigenvalue weighted by molar-refractivity contribution is 0.253. The van der Waals surface area contributed by atoms with Crippen LogP contribution in [0.2, 0.25) is 0 Å². The average molecular weight is 449 g/mol. The molecule has 0 unspecified atom stereocenters. The topological polar surface area (TPSA) is 57.2 Å². The van der Waals surface area contributed by atoms with Crippen molar-refractivity contribution < 1.29 is 24.1 Å². The minimum atomic E-state index is 0.00388. The lowest BCUT2D eigenvalue weighted by Crippen LogP contribution is -2.08. The molecule has 1 N–H and O–H groups in total. The number of allylic oxidation sites excluding steroid dienone is 1. The Bertz CT molecular complexity index is 1060. The van der Waals surface area contributed by atoms with Crippen LogP contribution in [-0.4, -0.2) is 25.9 Å². The van der Waals surface area contributed by atoms with Crippen molar-refractivity contribution in [3.8, 4) is 23.0 Å². The molecule has 0 bridgehead atoms. The summed E-state index contributed by atoms with van der Waals surface area (Å²) in [5.74, 6) is 2.23. The third kappa shape index (κ3) is 6.08. The van der Waals surface area contributed by atoms with Crippen LogP contribution in [0, 0.1) is 6.92 Å². The van der Waals surface area contributed by atoms with Crippen LogP contribution in [0.1, 0.15) is 29.2 Å². The fraction of sp³-hybridized carbons (Fsp3) is 0.286. The monoisotopic (exact) mass is 448 g/mol. The Labute approximate surface area is 196 Å². The van der Waals surface area contributed by atoms with Gasteiger partial charge in [-0.25, -0.2) is 0 Å². The van der Waals surface area contributed by atoms with Crippen molar-refractivity contribution in [1.29, 1.82) is 0 Å². The molecule has 33 heavy (non-hydrogen) atoms. The van der Waals surface area contributed by atoms with E-state index < -0.39 is 0 Å². The summed E-state index contributed by atoms with van der Waals surface area (Å²) in [7, 11) is 3.20. The molecule has 0 radical (unpaired) electrons. The first-order valence-electron chi connectivity index (χ1n) is 11.0. The van der Waals surface area contributed by atoms with Gasteiger partial charge in [-0.3, -0.25) is 0 Å². The number of aliphatic hydroxyl groups is 1. The number of methoxy groups -OCH3 is 2. The predicted octanol–water partition coefficient (Wildman–Crippen LogP) is 5.65. The molecule has 0 saturated carbocycles. The molecule has 0 amide bonds. The van der Waals surface area contributed by atoms with Crippen LogP contribution >= 0.6 is 0 Å². The quantitative estimate of drug-likeness (QED) is 0.384. The minimum absolute atomic E-state index is 0.00388. The van der Waals surface area contributed by atoms with E-state index in [0.29, 0.717) is 42.6 Å². The number of hydrogen-bond acceptors (Lipinski definition) is 5. The summed E-state index contributed by atoms with van der Waals surface area (Å²) in [6.07, 6.45) is 2.55. The van der Waals surface area contributed by atoms with Crippen molar-refractivity contribution in [1.82, 2.24) is 0 Å². The number of ether oxygens (including phenoxy) is 4. The second kappa shape index (κ2) is 12.0. The van der Waals surface area contributed by atoms with Crippen LogP contribution in [0.25, 0.3) is 0 Å². The van der Waals surface area contributed by atoms with Crippen LogP contribution in [0.3, 0.4) is 0 Å². The molecule has 0 aliphatic rings. The fourth-order valence-corrected chi connectivity index (χ4v) is 3.56. The molecule has 5 heteroatoms. The van der Waals surface area contributed by atoms with Gasteiger partial charge in [0.05, 0.1) is 20.8 Å². The van der Waals surface area contributed by atoms with E-state index in [1.807, 2.05) is 80.6 Å². The molecule has 3 rings (SSSR count). The Hall–Kier alpha value is -3.44. The predicted molar refractivity (Wildman–Crippen MR) is 130 cm³/mol. The normalized spacial score (nSPS) is 11.2. The van der Waals surface area contributed by atoms with E-state index in [2.05, 4.69) is 0 Å². The van der Waals surface area contributed by atoms with E-state index in [-0.39, 0.29) is 6.61 Å². The molecular weight excluding hydrogens is 416 g/mol. The van der Waals surface area contributed by atoms with Crippen molar-refractivity contribution >= 4 is 0 Å². The van der Waals surface area contributed by atoms with Crippen LogP contribution in [0.5, 0.6) is 23.0 Å². The maximum atomic E-state index is 9.48. The summed E-state index contributed by atoms with van der Waals surface area (Å²) in [5, 5.41) is 9.48. The highest BCUT2D eigenvalue weighted by molar-refractivity contribution is 5.67. The summed E-state index contributed by atoms with van der Waals surface area (Å²) in [6.45, 7) is 4.68. The largest absolute Gasteiger partial charge is 0.490 e. The fourth-order valence-electron chi connectivity index (χ4n) is 3.56. The molecule has 3 aromatic rings. The summed E-state index contributed by atoms with van der Waals surface area (Å²) < 4.78 is 24.1. The van der Waals surface area contributed by atoms with Gasteiger partial charge in [0.25, 0.3) is 0 Å². The number of benzene rings is 3. The van der Waals surface area contributed by atoms with Crippen molar-refractivity contribution in [2.45, 2.75) is 33.5 Å². The molecule has 0 heterocycles. The van der Waals surface area contributed by atoms with Gasteiger partial charge in [-0.2, -0.15) is 0 Å². The first kappa shape index (κ1) is 24.2. The van der Waals surface area contributed by atoms with Gasteiger partial charge in [0.1, 0.15) is 13.2 Å². The number of hydrogen-bond donors (Lipinski definition) is 1. The zero-order valence-corrected chi connectivity index (χ0v) is 19.8. The van der Waals surface area contributed by atoms with E-state index >= 15 is 0 Å². The zero-order valence-electron chi connectivity index (χ0n) is 19.8. The molecule has 0 aliphatic heterocycles. The van der Waals surface area contributed by atoms with Crippen molar-refractivity contribution in [2.24, 2.45) is 0 Å².